The zero-order valence-corrected chi connectivity index (χ0v) is 2.14. The van der Waals surface area contributed by atoms with Crippen LogP contribution in [0.15, 0.2) is 0 Å². The summed E-state index contributed by atoms with van der Waals surface area (Å²) in [6.07, 6.45) is 0.431. The summed E-state index contributed by atoms with van der Waals surface area (Å²) < 4.78 is 0. The number of hydrogen-bond acceptors (Lipinski definition) is 2. The lowest BCUT2D eigenvalue weighted by Gasteiger charge is -1.54. The van der Waals surface area contributed by atoms with Gasteiger partial charge in [-0.25, -0.2) is 0 Å². The number of carbonyl (C=O) groups is 1. The summed E-state index contributed by atoms with van der Waals surface area (Å²) in [6.45, 7) is -0.361. The van der Waals surface area contributed by atoms with E-state index in [2.05, 4.69) is 0 Å². The van der Waals surface area contributed by atoms with Crippen LogP contribution in [0.1, 0.15) is 0 Å². The predicted molar refractivity (Wildman–Crippen MR) is 13.1 cm³/mol. The van der Waals surface area contributed by atoms with Crippen LogP contribution in [0.2, 0.25) is 0 Å². The number of aldehydes is 1. The molecule has 2 heteroatoms. The molecule has 0 aliphatic heterocycles. The molecule has 0 aliphatic rings. The summed E-state index contributed by atoms with van der Waals surface area (Å²) in [5.41, 5.74) is 0. The monoisotopic (exact) mass is 62.0 g/mol. The van der Waals surface area contributed by atoms with E-state index in [4.69, 9.17) is 9.90 Å². The third-order valence-electron chi connectivity index (χ3n) is 0.0745. The lowest BCUT2D eigenvalue weighted by Crippen LogP contribution is -1.75. The zero-order chi connectivity index (χ0) is 3.41. The molecular formula is C2H4O2. The van der Waals surface area contributed by atoms with Crippen LogP contribution in [0.25, 0.3) is 0 Å². The van der Waals surface area contributed by atoms with Crippen molar-refractivity contribution < 1.29 is 9.90 Å². The lowest BCUT2D eigenvalue weighted by molar-refractivity contribution is -0.110. The van der Waals surface area contributed by atoms with Crippen LogP contribution < -0.4 is 0 Å². The number of hydrogen-bond donors (Lipinski definition) is 1. The van der Waals surface area contributed by atoms with Crippen LogP contribution in [0.3, 0.4) is 0 Å². The molecule has 0 rings (SSSR count). The van der Waals surface area contributed by atoms with Gasteiger partial charge in [0.25, 0.3) is 0 Å². The van der Waals surface area contributed by atoms with E-state index >= 15 is 0 Å². The Kier molecular flexibility index (Phi) is 2.39. The predicted octanol–water partition coefficient (Wildman–Crippen LogP) is -0.822. The molecule has 2 nitrogen and oxygen atoms in total. The minimum atomic E-state index is -0.361. The quantitative estimate of drug-likeness (QED) is 0.318. The molecule has 0 bridgehead atoms. The molecular weight excluding hydrogens is 58.0 g/mol. The molecule has 0 aromatic rings. The zero-order valence-electron chi connectivity index (χ0n) is 2.14. The standard InChI is InChI=1S/C2H4O2/c3-1-2-4/h1,4H,2H2/i1+1,2+1. The Morgan fingerprint density at radius 2 is 2.25 bits per heavy atom. The summed E-state index contributed by atoms with van der Waals surface area (Å²) in [5, 5.41) is 7.51. The highest BCUT2D eigenvalue weighted by Crippen LogP contribution is 1.27. The van der Waals surface area contributed by atoms with Gasteiger partial charge in [-0.1, -0.05) is 0 Å². The van der Waals surface area contributed by atoms with E-state index in [1.54, 1.807) is 0 Å². The van der Waals surface area contributed by atoms with Gasteiger partial charge in [0.05, 0.1) is 6.61 Å². The molecule has 0 radical (unpaired) electrons. The highest BCUT2D eigenvalue weighted by Gasteiger charge is 1.53. The van der Waals surface area contributed by atoms with Gasteiger partial charge in [-0.2, -0.15) is 0 Å². The molecule has 1 N–H and O–H groups in total. The average molecular weight is 62.0 g/mol. The maximum absolute atomic E-state index is 8.92. The second-order valence-corrected chi connectivity index (χ2v) is 0.349. The topological polar surface area (TPSA) is 37.3 Å². The van der Waals surface area contributed by atoms with Crippen LogP contribution in [0.4, 0.5) is 0 Å². The van der Waals surface area contributed by atoms with Gasteiger partial charge in [0.2, 0.25) is 0 Å². The van der Waals surface area contributed by atoms with Gasteiger partial charge in [-0.05, 0) is 0 Å². The molecule has 24 valence electrons. The Balaban J connectivity index is 2.30. The minimum absolute atomic E-state index is 0.361. The molecule has 0 aromatic heterocycles. The van der Waals surface area contributed by atoms with Gasteiger partial charge in [-0.15, -0.1) is 0 Å². The van der Waals surface area contributed by atoms with Crippen molar-refractivity contribution in [2.45, 2.75) is 0 Å². The van der Waals surface area contributed by atoms with Crippen LogP contribution >= 0.6 is 0 Å². The van der Waals surface area contributed by atoms with E-state index in [-0.39, 0.29) is 6.61 Å². The molecule has 0 spiro atoms. The molecule has 0 aliphatic carbocycles. The molecule has 0 aromatic carbocycles. The third-order valence-corrected chi connectivity index (χ3v) is 0.0745. The van der Waals surface area contributed by atoms with E-state index in [0.29, 0.717) is 6.29 Å². The molecule has 0 heterocycles. The molecule has 0 fully saturated rings. The Labute approximate surface area is 24.1 Å². The van der Waals surface area contributed by atoms with Crippen molar-refractivity contribution in [2.75, 3.05) is 6.61 Å². The second-order valence-electron chi connectivity index (χ2n) is 0.349. The fraction of sp³-hybridized carbons (Fsp3) is 0.500. The summed E-state index contributed by atoms with van der Waals surface area (Å²) in [4.78, 5) is 8.92. The fourth-order valence-corrected chi connectivity index (χ4v) is 0. The largest absolute Gasteiger partial charge is 0.389 e. The molecule has 0 unspecified atom stereocenters. The van der Waals surface area contributed by atoms with Crippen molar-refractivity contribution in [1.29, 1.82) is 0 Å². The first-order valence-electron chi connectivity index (χ1n) is 0.960. The highest BCUT2D eigenvalue weighted by atomic mass is 16.4. The fourth-order valence-electron chi connectivity index (χ4n) is 0. The Morgan fingerprint density at radius 1 is 2.00 bits per heavy atom. The first-order chi connectivity index (χ1) is 1.91. The van der Waals surface area contributed by atoms with Crippen molar-refractivity contribution in [3.8, 4) is 0 Å². The second kappa shape index (κ2) is 2.63. The van der Waals surface area contributed by atoms with Crippen molar-refractivity contribution >= 4 is 6.29 Å². The Hall–Kier alpha value is -0.370. The van der Waals surface area contributed by atoms with Crippen molar-refractivity contribution in [3.63, 3.8) is 0 Å². The highest BCUT2D eigenvalue weighted by molar-refractivity contribution is 5.49. The van der Waals surface area contributed by atoms with E-state index in [0.717, 1.165) is 0 Å². The Morgan fingerprint density at radius 3 is 2.25 bits per heavy atom. The van der Waals surface area contributed by atoms with Crippen molar-refractivity contribution in [1.82, 2.24) is 0 Å². The van der Waals surface area contributed by atoms with E-state index in [9.17, 15) is 0 Å². The maximum Gasteiger partial charge on any atom is 0.145 e. The number of aliphatic hydroxyl groups is 1. The Bertz CT molecular complexity index is 18.0. The number of rotatable bonds is 1. The molecule has 0 amide bonds. The normalized spacial score (nSPS) is 6.25. The molecule has 0 atom stereocenters. The summed E-state index contributed by atoms with van der Waals surface area (Å²) in [7, 11) is 0. The van der Waals surface area contributed by atoms with Crippen LogP contribution in [0, 0.1) is 0 Å². The number of aliphatic hydroxyl groups excluding tert-OH is 1. The average Bonchev–Trinajstić information content (AvgIpc) is 1.37. The number of carbonyl (C=O) groups excluding carboxylic acids is 1. The van der Waals surface area contributed by atoms with Gasteiger partial charge in [0.15, 0.2) is 0 Å². The van der Waals surface area contributed by atoms with Crippen molar-refractivity contribution in [3.05, 3.63) is 0 Å². The molecule has 4 heavy (non-hydrogen) atoms. The molecule has 0 saturated heterocycles. The van der Waals surface area contributed by atoms with Crippen molar-refractivity contribution in [2.24, 2.45) is 0 Å². The maximum atomic E-state index is 8.92. The van der Waals surface area contributed by atoms with Crippen LogP contribution in [0.5, 0.6) is 0 Å². The summed E-state index contributed by atoms with van der Waals surface area (Å²) in [5.74, 6) is 0. The van der Waals surface area contributed by atoms with Crippen LogP contribution in [-0.2, 0) is 4.79 Å². The smallest absolute Gasteiger partial charge is 0.145 e. The third kappa shape index (κ3) is 1.63. The van der Waals surface area contributed by atoms with Gasteiger partial charge < -0.3 is 9.90 Å². The molecule has 0 saturated carbocycles. The van der Waals surface area contributed by atoms with E-state index < -0.39 is 0 Å². The SMILES string of the molecule is O=[13CH][13CH2]O. The summed E-state index contributed by atoms with van der Waals surface area (Å²) >= 11 is 0. The van der Waals surface area contributed by atoms with E-state index in [1.807, 2.05) is 0 Å². The summed E-state index contributed by atoms with van der Waals surface area (Å²) in [6, 6.07) is 0. The lowest BCUT2D eigenvalue weighted by atomic mass is 11.8. The van der Waals surface area contributed by atoms with Gasteiger partial charge >= 0.3 is 0 Å². The van der Waals surface area contributed by atoms with Gasteiger partial charge in [0.1, 0.15) is 6.29 Å². The minimum Gasteiger partial charge on any atom is -0.389 e. The first kappa shape index (κ1) is 3.63. The first-order valence-corrected chi connectivity index (χ1v) is 0.960. The van der Waals surface area contributed by atoms with Crippen LogP contribution in [-0.4, -0.2) is 18.0 Å². The van der Waals surface area contributed by atoms with Gasteiger partial charge in [0, 0.05) is 0 Å². The van der Waals surface area contributed by atoms with E-state index in [1.165, 1.54) is 0 Å². The van der Waals surface area contributed by atoms with Gasteiger partial charge in [-0.3, -0.25) is 0 Å².